The van der Waals surface area contributed by atoms with Crippen LogP contribution >= 0.6 is 0 Å². The molecular formula is C14H17N. The summed E-state index contributed by atoms with van der Waals surface area (Å²) in [5, 5.41) is 3.30. The molecule has 0 saturated heterocycles. The van der Waals surface area contributed by atoms with E-state index in [0.29, 0.717) is 0 Å². The summed E-state index contributed by atoms with van der Waals surface area (Å²) in [5.41, 5.74) is 1.24. The van der Waals surface area contributed by atoms with E-state index in [1.807, 2.05) is 25.1 Å². The Bertz CT molecular complexity index is 341. The molecule has 1 rings (SSSR count). The first kappa shape index (κ1) is 11.6. The van der Waals surface area contributed by atoms with Crippen molar-refractivity contribution >= 4 is 6.08 Å². The molecule has 78 valence electrons. The fourth-order valence-electron chi connectivity index (χ4n) is 1.22. The molecule has 1 nitrogen and oxygen atoms in total. The lowest BCUT2D eigenvalue weighted by Crippen LogP contribution is -2.14. The van der Waals surface area contributed by atoms with Crippen LogP contribution in [0.2, 0.25) is 0 Å². The standard InChI is InChI=1S/C14H17N/c1-2-3-7-12-15-13-8-11-14-9-5-4-6-10-14/h4-6,8-11,15H,7,12-13H2,1H3/b11-8+. The molecule has 1 aromatic carbocycles. The Morgan fingerprint density at radius 3 is 2.80 bits per heavy atom. The Balaban J connectivity index is 2.14. The largest absolute Gasteiger partial charge is 0.312 e. The van der Waals surface area contributed by atoms with Crippen LogP contribution in [0.25, 0.3) is 6.08 Å². The highest BCUT2D eigenvalue weighted by atomic mass is 14.8. The summed E-state index contributed by atoms with van der Waals surface area (Å²) < 4.78 is 0. The number of nitrogens with one attached hydrogen (secondary N) is 1. The van der Waals surface area contributed by atoms with Crippen LogP contribution in [0.5, 0.6) is 0 Å². The van der Waals surface area contributed by atoms with Crippen LogP contribution in [-0.2, 0) is 0 Å². The zero-order chi connectivity index (χ0) is 10.8. The molecule has 0 spiro atoms. The second kappa shape index (κ2) is 7.84. The lowest BCUT2D eigenvalue weighted by atomic mass is 10.2. The van der Waals surface area contributed by atoms with Crippen LogP contribution < -0.4 is 5.32 Å². The molecule has 0 aliphatic rings. The third kappa shape index (κ3) is 5.72. The van der Waals surface area contributed by atoms with E-state index >= 15 is 0 Å². The third-order valence-electron chi connectivity index (χ3n) is 1.98. The Morgan fingerprint density at radius 1 is 1.27 bits per heavy atom. The van der Waals surface area contributed by atoms with Gasteiger partial charge in [0, 0.05) is 19.5 Å². The van der Waals surface area contributed by atoms with Crippen molar-refractivity contribution in [2.24, 2.45) is 0 Å². The van der Waals surface area contributed by atoms with E-state index in [1.165, 1.54) is 5.56 Å². The Hall–Kier alpha value is -1.52. The summed E-state index contributed by atoms with van der Waals surface area (Å²) in [6.45, 7) is 3.73. The van der Waals surface area contributed by atoms with Crippen LogP contribution in [0, 0.1) is 11.8 Å². The van der Waals surface area contributed by atoms with Gasteiger partial charge in [-0.3, -0.25) is 0 Å². The molecule has 1 N–H and O–H groups in total. The van der Waals surface area contributed by atoms with Gasteiger partial charge < -0.3 is 5.32 Å². The molecule has 0 aliphatic carbocycles. The fraction of sp³-hybridized carbons (Fsp3) is 0.286. The number of hydrogen-bond acceptors (Lipinski definition) is 1. The summed E-state index contributed by atoms with van der Waals surface area (Å²) >= 11 is 0. The van der Waals surface area contributed by atoms with E-state index in [2.05, 4.69) is 41.4 Å². The molecule has 0 unspecified atom stereocenters. The highest BCUT2D eigenvalue weighted by molar-refractivity contribution is 5.48. The van der Waals surface area contributed by atoms with Gasteiger partial charge in [-0.25, -0.2) is 0 Å². The number of rotatable bonds is 5. The maximum atomic E-state index is 3.30. The summed E-state index contributed by atoms with van der Waals surface area (Å²) in [6.07, 6.45) is 5.18. The molecule has 0 fully saturated rings. The van der Waals surface area contributed by atoms with Gasteiger partial charge in [-0.2, -0.15) is 0 Å². The zero-order valence-corrected chi connectivity index (χ0v) is 9.16. The Morgan fingerprint density at radius 2 is 2.07 bits per heavy atom. The minimum atomic E-state index is 0.903. The average Bonchev–Trinajstić information content (AvgIpc) is 2.29. The topological polar surface area (TPSA) is 12.0 Å². The first-order chi connectivity index (χ1) is 7.43. The average molecular weight is 199 g/mol. The van der Waals surface area contributed by atoms with Crippen molar-refractivity contribution in [2.75, 3.05) is 13.1 Å². The smallest absolute Gasteiger partial charge is 0.0214 e. The van der Waals surface area contributed by atoms with Crippen LogP contribution in [-0.4, -0.2) is 13.1 Å². The molecule has 0 radical (unpaired) electrons. The highest BCUT2D eigenvalue weighted by Gasteiger charge is 1.83. The van der Waals surface area contributed by atoms with E-state index in [4.69, 9.17) is 0 Å². The molecule has 1 heteroatoms. The summed E-state index contributed by atoms with van der Waals surface area (Å²) in [4.78, 5) is 0. The van der Waals surface area contributed by atoms with Gasteiger partial charge in [0.15, 0.2) is 0 Å². The summed E-state index contributed by atoms with van der Waals surface area (Å²) in [7, 11) is 0. The van der Waals surface area contributed by atoms with Crippen LogP contribution in [0.4, 0.5) is 0 Å². The maximum Gasteiger partial charge on any atom is 0.0214 e. The molecule has 0 heterocycles. The fourth-order valence-corrected chi connectivity index (χ4v) is 1.22. The molecule has 15 heavy (non-hydrogen) atoms. The lowest BCUT2D eigenvalue weighted by molar-refractivity contribution is 0.766. The van der Waals surface area contributed by atoms with Crippen molar-refractivity contribution in [1.82, 2.24) is 5.32 Å². The van der Waals surface area contributed by atoms with Gasteiger partial charge in [0.05, 0.1) is 0 Å². The number of hydrogen-bond donors (Lipinski definition) is 1. The zero-order valence-electron chi connectivity index (χ0n) is 9.16. The predicted molar refractivity (Wildman–Crippen MR) is 66.4 cm³/mol. The van der Waals surface area contributed by atoms with Crippen molar-refractivity contribution in [2.45, 2.75) is 13.3 Å². The molecular weight excluding hydrogens is 182 g/mol. The van der Waals surface area contributed by atoms with Crippen molar-refractivity contribution in [3.05, 3.63) is 42.0 Å². The quantitative estimate of drug-likeness (QED) is 0.568. The molecule has 0 aromatic heterocycles. The van der Waals surface area contributed by atoms with Gasteiger partial charge in [-0.15, -0.1) is 11.8 Å². The molecule has 1 aromatic rings. The van der Waals surface area contributed by atoms with E-state index < -0.39 is 0 Å². The van der Waals surface area contributed by atoms with E-state index in [-0.39, 0.29) is 0 Å². The molecule has 0 saturated carbocycles. The van der Waals surface area contributed by atoms with Gasteiger partial charge in [0.2, 0.25) is 0 Å². The van der Waals surface area contributed by atoms with Crippen molar-refractivity contribution in [3.8, 4) is 11.8 Å². The highest BCUT2D eigenvalue weighted by Crippen LogP contribution is 1.99. The van der Waals surface area contributed by atoms with Crippen LogP contribution in [0.3, 0.4) is 0 Å². The first-order valence-electron chi connectivity index (χ1n) is 5.25. The monoisotopic (exact) mass is 199 g/mol. The normalized spacial score (nSPS) is 9.93. The minimum absolute atomic E-state index is 0.903. The molecule has 0 aliphatic heterocycles. The van der Waals surface area contributed by atoms with E-state index in [0.717, 1.165) is 19.5 Å². The second-order valence-electron chi connectivity index (χ2n) is 3.19. The van der Waals surface area contributed by atoms with Gasteiger partial charge in [-0.05, 0) is 12.5 Å². The van der Waals surface area contributed by atoms with Crippen LogP contribution in [0.1, 0.15) is 18.9 Å². The minimum Gasteiger partial charge on any atom is -0.312 e. The maximum absolute atomic E-state index is 3.30. The molecule has 0 amide bonds. The van der Waals surface area contributed by atoms with Gasteiger partial charge in [0.25, 0.3) is 0 Å². The van der Waals surface area contributed by atoms with Crippen molar-refractivity contribution in [1.29, 1.82) is 0 Å². The SMILES string of the molecule is CC#CCCNC/C=C/c1ccccc1. The van der Waals surface area contributed by atoms with Crippen LogP contribution in [0.15, 0.2) is 36.4 Å². The molecule has 0 bridgehead atoms. The summed E-state index contributed by atoms with van der Waals surface area (Å²) in [6, 6.07) is 10.3. The van der Waals surface area contributed by atoms with Gasteiger partial charge in [-0.1, -0.05) is 42.5 Å². The van der Waals surface area contributed by atoms with Gasteiger partial charge >= 0.3 is 0 Å². The Labute approximate surface area is 92.2 Å². The van der Waals surface area contributed by atoms with E-state index in [1.54, 1.807) is 0 Å². The first-order valence-corrected chi connectivity index (χ1v) is 5.25. The predicted octanol–water partition coefficient (Wildman–Crippen LogP) is 2.70. The van der Waals surface area contributed by atoms with Crippen molar-refractivity contribution in [3.63, 3.8) is 0 Å². The second-order valence-corrected chi connectivity index (χ2v) is 3.19. The third-order valence-corrected chi connectivity index (χ3v) is 1.98. The van der Waals surface area contributed by atoms with Gasteiger partial charge in [0.1, 0.15) is 0 Å². The molecule has 0 atom stereocenters. The Kier molecular flexibility index (Phi) is 6.04. The summed E-state index contributed by atoms with van der Waals surface area (Å²) in [5.74, 6) is 5.90. The lowest BCUT2D eigenvalue weighted by Gasteiger charge is -1.96. The number of benzene rings is 1. The van der Waals surface area contributed by atoms with Crippen molar-refractivity contribution < 1.29 is 0 Å². The van der Waals surface area contributed by atoms with E-state index in [9.17, 15) is 0 Å².